The molecule has 0 unspecified atom stereocenters. The summed E-state index contributed by atoms with van der Waals surface area (Å²) >= 11 is 0. The Balaban J connectivity index is 1.98. The van der Waals surface area contributed by atoms with E-state index in [2.05, 4.69) is 15.8 Å². The second-order valence-electron chi connectivity index (χ2n) is 5.09. The van der Waals surface area contributed by atoms with E-state index in [1.165, 1.54) is 12.1 Å². The van der Waals surface area contributed by atoms with Gasteiger partial charge in [-0.1, -0.05) is 11.2 Å². The summed E-state index contributed by atoms with van der Waals surface area (Å²) in [7, 11) is 0. The molecule has 2 atom stereocenters. The molecule has 0 spiro atoms. The predicted octanol–water partition coefficient (Wildman–Crippen LogP) is 2.94. The third-order valence-electron chi connectivity index (χ3n) is 3.20. The summed E-state index contributed by atoms with van der Waals surface area (Å²) in [5.74, 6) is -0.725. The summed E-state index contributed by atoms with van der Waals surface area (Å²) in [6, 6.07) is 3.88. The van der Waals surface area contributed by atoms with Crippen molar-refractivity contribution in [3.05, 3.63) is 47.2 Å². The Bertz CT molecular complexity index is 673. The van der Waals surface area contributed by atoms with E-state index in [1.807, 2.05) is 0 Å². The molecule has 1 aromatic heterocycles. The van der Waals surface area contributed by atoms with Crippen LogP contribution in [0.3, 0.4) is 0 Å². The second kappa shape index (κ2) is 6.65. The van der Waals surface area contributed by atoms with E-state index in [4.69, 9.17) is 4.52 Å². The van der Waals surface area contributed by atoms with Crippen LogP contribution in [0, 0.1) is 18.6 Å². The van der Waals surface area contributed by atoms with Gasteiger partial charge in [-0.3, -0.25) is 10.1 Å². The molecule has 0 fully saturated rings. The minimum absolute atomic E-state index is 0.290. The van der Waals surface area contributed by atoms with Gasteiger partial charge in [-0.25, -0.2) is 8.78 Å². The third kappa shape index (κ3) is 3.88. The van der Waals surface area contributed by atoms with Crippen LogP contribution in [0.15, 0.2) is 28.8 Å². The van der Waals surface area contributed by atoms with Gasteiger partial charge in [-0.05, 0) is 26.8 Å². The molecule has 1 heterocycles. The van der Waals surface area contributed by atoms with Crippen molar-refractivity contribution in [1.29, 1.82) is 0 Å². The highest BCUT2D eigenvalue weighted by Gasteiger charge is 2.19. The molecule has 0 aliphatic rings. The van der Waals surface area contributed by atoms with Crippen LogP contribution in [0.2, 0.25) is 0 Å². The van der Waals surface area contributed by atoms with Crippen LogP contribution in [0.25, 0.3) is 0 Å². The lowest BCUT2D eigenvalue weighted by atomic mass is 10.1. The zero-order valence-corrected chi connectivity index (χ0v) is 12.5. The molecule has 5 nitrogen and oxygen atoms in total. The fourth-order valence-corrected chi connectivity index (χ4v) is 2.05. The van der Waals surface area contributed by atoms with E-state index in [0.29, 0.717) is 17.1 Å². The Morgan fingerprint density at radius 2 is 2.00 bits per heavy atom. The summed E-state index contributed by atoms with van der Waals surface area (Å²) in [5, 5.41) is 9.20. The van der Waals surface area contributed by atoms with Crippen LogP contribution in [0.4, 0.5) is 14.6 Å². The van der Waals surface area contributed by atoms with E-state index in [0.717, 1.165) is 6.07 Å². The van der Waals surface area contributed by atoms with Crippen molar-refractivity contribution < 1.29 is 18.1 Å². The molecule has 2 rings (SSSR count). The maximum Gasteiger partial charge on any atom is 0.242 e. The molecule has 118 valence electrons. The zero-order valence-electron chi connectivity index (χ0n) is 12.5. The van der Waals surface area contributed by atoms with Crippen molar-refractivity contribution in [3.63, 3.8) is 0 Å². The van der Waals surface area contributed by atoms with E-state index < -0.39 is 23.7 Å². The summed E-state index contributed by atoms with van der Waals surface area (Å²) in [4.78, 5) is 12.0. The number of aromatic nitrogens is 1. The van der Waals surface area contributed by atoms with E-state index in [9.17, 15) is 13.6 Å². The van der Waals surface area contributed by atoms with Crippen molar-refractivity contribution >= 4 is 11.7 Å². The number of aryl methyl sites for hydroxylation is 1. The van der Waals surface area contributed by atoms with Crippen molar-refractivity contribution in [2.75, 3.05) is 5.32 Å². The predicted molar refractivity (Wildman–Crippen MR) is 77.2 cm³/mol. The molecular formula is C15H17F2N3O2. The van der Waals surface area contributed by atoms with Gasteiger partial charge < -0.3 is 9.84 Å². The Kier molecular flexibility index (Phi) is 4.87. The second-order valence-corrected chi connectivity index (χ2v) is 5.09. The number of carbonyl (C=O) groups is 1. The Morgan fingerprint density at radius 3 is 2.59 bits per heavy atom. The van der Waals surface area contributed by atoms with Gasteiger partial charge in [-0.2, -0.15) is 0 Å². The maximum absolute atomic E-state index is 13.7. The lowest BCUT2D eigenvalue weighted by Crippen LogP contribution is -2.39. The Hall–Kier alpha value is -2.28. The molecular weight excluding hydrogens is 292 g/mol. The number of anilines is 1. The Morgan fingerprint density at radius 1 is 1.27 bits per heavy atom. The van der Waals surface area contributed by atoms with Crippen LogP contribution in [0.5, 0.6) is 0 Å². The van der Waals surface area contributed by atoms with Crippen molar-refractivity contribution in [3.8, 4) is 0 Å². The monoisotopic (exact) mass is 309 g/mol. The first-order chi connectivity index (χ1) is 10.4. The largest absolute Gasteiger partial charge is 0.360 e. The number of rotatable bonds is 5. The first-order valence-corrected chi connectivity index (χ1v) is 6.82. The summed E-state index contributed by atoms with van der Waals surface area (Å²) < 4.78 is 31.5. The highest BCUT2D eigenvalue weighted by Crippen LogP contribution is 2.18. The van der Waals surface area contributed by atoms with E-state index in [1.54, 1.807) is 26.8 Å². The minimum atomic E-state index is -0.653. The Labute approximate surface area is 126 Å². The van der Waals surface area contributed by atoms with Crippen LogP contribution in [-0.4, -0.2) is 17.1 Å². The fraction of sp³-hybridized carbons (Fsp3) is 0.333. The fourth-order valence-electron chi connectivity index (χ4n) is 2.05. The standard InChI is InChI=1S/C15H17F2N3O2/c1-8-6-14(20-22-8)19-15(21)10(3)18-9(2)12-5-4-11(16)7-13(12)17/h4-7,9-10,18H,1-3H3,(H,19,20,21)/t9-,10-/m0/s1. The average molecular weight is 309 g/mol. The number of hydrogen-bond donors (Lipinski definition) is 2. The SMILES string of the molecule is Cc1cc(NC(=O)[C@H](C)N[C@@H](C)c2ccc(F)cc2F)no1. The van der Waals surface area contributed by atoms with Gasteiger partial charge in [-0.15, -0.1) is 0 Å². The summed E-state index contributed by atoms with van der Waals surface area (Å²) in [5.41, 5.74) is 0.290. The number of nitrogens with zero attached hydrogens (tertiary/aromatic N) is 1. The first kappa shape index (κ1) is 16.1. The molecule has 0 aliphatic heterocycles. The number of hydrogen-bond acceptors (Lipinski definition) is 4. The van der Waals surface area contributed by atoms with Crippen molar-refractivity contribution in [1.82, 2.24) is 10.5 Å². The molecule has 22 heavy (non-hydrogen) atoms. The van der Waals surface area contributed by atoms with Gasteiger partial charge in [0.1, 0.15) is 17.4 Å². The summed E-state index contributed by atoms with van der Waals surface area (Å²) in [6.45, 7) is 5.05. The normalized spacial score (nSPS) is 13.7. The number of benzene rings is 1. The smallest absolute Gasteiger partial charge is 0.242 e. The number of carbonyl (C=O) groups excluding carboxylic acids is 1. The summed E-state index contributed by atoms with van der Waals surface area (Å²) in [6.07, 6.45) is 0. The number of nitrogens with one attached hydrogen (secondary N) is 2. The topological polar surface area (TPSA) is 67.2 Å². The molecule has 0 radical (unpaired) electrons. The highest BCUT2D eigenvalue weighted by atomic mass is 19.1. The van der Waals surface area contributed by atoms with E-state index in [-0.39, 0.29) is 5.91 Å². The van der Waals surface area contributed by atoms with Crippen molar-refractivity contribution in [2.24, 2.45) is 0 Å². The maximum atomic E-state index is 13.7. The molecule has 1 aromatic carbocycles. The molecule has 0 bridgehead atoms. The lowest BCUT2D eigenvalue weighted by Gasteiger charge is -2.20. The average Bonchev–Trinajstić information content (AvgIpc) is 2.83. The molecule has 0 aliphatic carbocycles. The van der Waals surface area contributed by atoms with E-state index >= 15 is 0 Å². The van der Waals surface area contributed by atoms with Gasteiger partial charge in [0, 0.05) is 23.7 Å². The molecule has 0 saturated heterocycles. The van der Waals surface area contributed by atoms with Gasteiger partial charge in [0.15, 0.2) is 5.82 Å². The quantitative estimate of drug-likeness (QED) is 0.891. The van der Waals surface area contributed by atoms with Gasteiger partial charge in [0.2, 0.25) is 5.91 Å². The van der Waals surface area contributed by atoms with Gasteiger partial charge in [0.25, 0.3) is 0 Å². The minimum Gasteiger partial charge on any atom is -0.360 e. The first-order valence-electron chi connectivity index (χ1n) is 6.82. The van der Waals surface area contributed by atoms with Gasteiger partial charge in [0.05, 0.1) is 6.04 Å². The van der Waals surface area contributed by atoms with Crippen LogP contribution >= 0.6 is 0 Å². The van der Waals surface area contributed by atoms with Crippen LogP contribution < -0.4 is 10.6 Å². The number of halogens is 2. The molecule has 0 saturated carbocycles. The number of amides is 1. The van der Waals surface area contributed by atoms with Crippen LogP contribution in [-0.2, 0) is 4.79 Å². The third-order valence-corrected chi connectivity index (χ3v) is 3.20. The zero-order chi connectivity index (χ0) is 16.3. The molecule has 7 heteroatoms. The van der Waals surface area contributed by atoms with Crippen molar-refractivity contribution in [2.45, 2.75) is 32.9 Å². The molecule has 1 amide bonds. The molecule has 2 N–H and O–H groups in total. The molecule has 2 aromatic rings. The van der Waals surface area contributed by atoms with Crippen LogP contribution in [0.1, 0.15) is 31.2 Å². The highest BCUT2D eigenvalue weighted by molar-refractivity contribution is 5.93. The lowest BCUT2D eigenvalue weighted by molar-refractivity contribution is -0.118. The van der Waals surface area contributed by atoms with Gasteiger partial charge >= 0.3 is 0 Å².